The predicted octanol–water partition coefficient (Wildman–Crippen LogP) is 1.45. The smallest absolute Gasteiger partial charge is 0.0249 e. The molecule has 1 saturated carbocycles. The minimum atomic E-state index is -0.519. The van der Waals surface area contributed by atoms with E-state index in [4.69, 9.17) is 0 Å². The van der Waals surface area contributed by atoms with Crippen LogP contribution < -0.4 is 5.32 Å². The van der Waals surface area contributed by atoms with Crippen LogP contribution in [0.15, 0.2) is 12.2 Å². The van der Waals surface area contributed by atoms with Crippen LogP contribution in [0.3, 0.4) is 0 Å². The summed E-state index contributed by atoms with van der Waals surface area (Å²) in [5, 5.41) is 3.76. The van der Waals surface area contributed by atoms with Crippen LogP contribution >= 0.6 is 0 Å². The fourth-order valence-corrected chi connectivity index (χ4v) is 4.47. The van der Waals surface area contributed by atoms with Crippen molar-refractivity contribution in [3.05, 3.63) is 12.2 Å². The van der Waals surface area contributed by atoms with Crippen LogP contribution in [0.5, 0.6) is 0 Å². The zero-order valence-electron chi connectivity index (χ0n) is 9.02. The summed E-state index contributed by atoms with van der Waals surface area (Å²) >= 11 is 0. The molecule has 3 unspecified atom stereocenters. The number of hydrogen-bond acceptors (Lipinski definition) is 2. The fourth-order valence-electron chi connectivity index (χ4n) is 3.17. The SMILES string of the molecule is O=S1CCC(NC2CC3CC=CC32)CC1. The third-order valence-electron chi connectivity index (χ3n) is 4.20. The maximum absolute atomic E-state index is 11.2. The van der Waals surface area contributed by atoms with E-state index in [0.29, 0.717) is 6.04 Å². The van der Waals surface area contributed by atoms with Gasteiger partial charge in [-0.25, -0.2) is 0 Å². The van der Waals surface area contributed by atoms with Crippen LogP contribution in [0.1, 0.15) is 25.7 Å². The molecule has 2 nitrogen and oxygen atoms in total. The molecule has 0 amide bonds. The summed E-state index contributed by atoms with van der Waals surface area (Å²) in [6.07, 6.45) is 9.63. The van der Waals surface area contributed by atoms with Crippen LogP contribution in [0, 0.1) is 11.8 Å². The zero-order valence-corrected chi connectivity index (χ0v) is 9.84. The summed E-state index contributed by atoms with van der Waals surface area (Å²) < 4.78 is 11.2. The van der Waals surface area contributed by atoms with Gasteiger partial charge < -0.3 is 5.32 Å². The molecule has 2 fully saturated rings. The summed E-state index contributed by atoms with van der Waals surface area (Å²) in [4.78, 5) is 0. The molecule has 0 bridgehead atoms. The van der Waals surface area contributed by atoms with Gasteiger partial charge in [0.1, 0.15) is 0 Å². The number of allylic oxidation sites excluding steroid dienone is 1. The van der Waals surface area contributed by atoms with Gasteiger partial charge in [0.25, 0.3) is 0 Å². The Balaban J connectivity index is 1.50. The molecule has 0 radical (unpaired) electrons. The first-order chi connectivity index (χ1) is 7.33. The number of nitrogens with one attached hydrogen (secondary N) is 1. The lowest BCUT2D eigenvalue weighted by Crippen LogP contribution is -2.53. The van der Waals surface area contributed by atoms with E-state index in [0.717, 1.165) is 42.2 Å². The van der Waals surface area contributed by atoms with Gasteiger partial charge in [0, 0.05) is 34.4 Å². The van der Waals surface area contributed by atoms with Gasteiger partial charge in [0.2, 0.25) is 0 Å². The zero-order chi connectivity index (χ0) is 10.3. The first-order valence-corrected chi connectivity index (χ1v) is 7.59. The van der Waals surface area contributed by atoms with Gasteiger partial charge >= 0.3 is 0 Å². The largest absolute Gasteiger partial charge is 0.311 e. The predicted molar refractivity (Wildman–Crippen MR) is 63.2 cm³/mol. The molecular formula is C12H19NOS. The van der Waals surface area contributed by atoms with Crippen molar-refractivity contribution in [2.45, 2.75) is 37.8 Å². The minimum Gasteiger partial charge on any atom is -0.311 e. The number of fused-ring (bicyclic) bond motifs is 1. The molecule has 0 aromatic carbocycles. The Hall–Kier alpha value is -0.150. The third kappa shape index (κ3) is 1.92. The van der Waals surface area contributed by atoms with Gasteiger partial charge in [-0.15, -0.1) is 0 Å². The third-order valence-corrected chi connectivity index (χ3v) is 5.58. The molecule has 0 aromatic heterocycles. The van der Waals surface area contributed by atoms with Crippen molar-refractivity contribution in [2.75, 3.05) is 11.5 Å². The van der Waals surface area contributed by atoms with Gasteiger partial charge in [-0.2, -0.15) is 0 Å². The van der Waals surface area contributed by atoms with Crippen LogP contribution in [0.2, 0.25) is 0 Å². The Morgan fingerprint density at radius 3 is 2.80 bits per heavy atom. The molecule has 84 valence electrons. The monoisotopic (exact) mass is 225 g/mol. The quantitative estimate of drug-likeness (QED) is 0.721. The van der Waals surface area contributed by atoms with Gasteiger partial charge in [0.05, 0.1) is 0 Å². The summed E-state index contributed by atoms with van der Waals surface area (Å²) in [6.45, 7) is 0. The molecule has 0 spiro atoms. The van der Waals surface area contributed by atoms with Crippen molar-refractivity contribution >= 4 is 10.8 Å². The van der Waals surface area contributed by atoms with Crippen molar-refractivity contribution in [3.63, 3.8) is 0 Å². The number of rotatable bonds is 2. The Morgan fingerprint density at radius 2 is 2.07 bits per heavy atom. The summed E-state index contributed by atoms with van der Waals surface area (Å²) in [5.74, 6) is 3.58. The van der Waals surface area contributed by atoms with E-state index in [-0.39, 0.29) is 0 Å². The van der Waals surface area contributed by atoms with Crippen molar-refractivity contribution in [1.82, 2.24) is 5.32 Å². The Kier molecular flexibility index (Phi) is 2.69. The molecule has 1 N–H and O–H groups in total. The van der Waals surface area contributed by atoms with E-state index in [1.165, 1.54) is 12.8 Å². The molecule has 3 aliphatic rings. The first kappa shape index (κ1) is 10.0. The molecule has 3 atom stereocenters. The van der Waals surface area contributed by atoms with Crippen molar-refractivity contribution < 1.29 is 4.21 Å². The van der Waals surface area contributed by atoms with Crippen molar-refractivity contribution in [3.8, 4) is 0 Å². The lowest BCUT2D eigenvalue weighted by molar-refractivity contribution is 0.147. The molecular weight excluding hydrogens is 206 g/mol. The lowest BCUT2D eigenvalue weighted by Gasteiger charge is -2.43. The summed E-state index contributed by atoms with van der Waals surface area (Å²) in [5.41, 5.74) is 0. The maximum Gasteiger partial charge on any atom is 0.0249 e. The van der Waals surface area contributed by atoms with Crippen LogP contribution in [-0.2, 0) is 10.8 Å². The van der Waals surface area contributed by atoms with E-state index in [1.807, 2.05) is 0 Å². The van der Waals surface area contributed by atoms with Gasteiger partial charge in [-0.05, 0) is 37.5 Å². The molecule has 3 rings (SSSR count). The highest BCUT2D eigenvalue weighted by Gasteiger charge is 2.41. The Bertz CT molecular complexity index is 292. The van der Waals surface area contributed by atoms with E-state index < -0.39 is 10.8 Å². The topological polar surface area (TPSA) is 29.1 Å². The molecule has 15 heavy (non-hydrogen) atoms. The molecule has 1 aliphatic heterocycles. The van der Waals surface area contributed by atoms with Gasteiger partial charge in [-0.1, -0.05) is 12.2 Å². The van der Waals surface area contributed by atoms with E-state index in [9.17, 15) is 4.21 Å². The first-order valence-electron chi connectivity index (χ1n) is 6.10. The highest BCUT2D eigenvalue weighted by Crippen LogP contribution is 2.43. The summed E-state index contributed by atoms with van der Waals surface area (Å²) in [6, 6.07) is 1.37. The average Bonchev–Trinajstić information content (AvgIpc) is 2.59. The van der Waals surface area contributed by atoms with Crippen LogP contribution in [0.25, 0.3) is 0 Å². The second-order valence-electron chi connectivity index (χ2n) is 5.13. The molecule has 0 aromatic rings. The molecule has 1 heterocycles. The minimum absolute atomic E-state index is 0.519. The number of hydrogen-bond donors (Lipinski definition) is 1. The van der Waals surface area contributed by atoms with Crippen LogP contribution in [-0.4, -0.2) is 27.8 Å². The van der Waals surface area contributed by atoms with E-state index in [2.05, 4.69) is 17.5 Å². The van der Waals surface area contributed by atoms with Gasteiger partial charge in [0.15, 0.2) is 0 Å². The normalized spacial score (nSPS) is 48.7. The van der Waals surface area contributed by atoms with E-state index in [1.54, 1.807) is 0 Å². The fraction of sp³-hybridized carbons (Fsp3) is 0.833. The van der Waals surface area contributed by atoms with E-state index >= 15 is 0 Å². The molecule has 3 heteroatoms. The summed E-state index contributed by atoms with van der Waals surface area (Å²) in [7, 11) is -0.519. The van der Waals surface area contributed by atoms with Crippen molar-refractivity contribution in [1.29, 1.82) is 0 Å². The second kappa shape index (κ2) is 4.02. The second-order valence-corrected chi connectivity index (χ2v) is 6.83. The Morgan fingerprint density at radius 1 is 1.27 bits per heavy atom. The Labute approximate surface area is 94.0 Å². The standard InChI is InChI=1S/C12H19NOS/c14-15-6-4-10(5-7-15)13-12-8-9-2-1-3-11(9)12/h1,3,9-13H,2,4-8H2. The van der Waals surface area contributed by atoms with Gasteiger partial charge in [-0.3, -0.25) is 4.21 Å². The maximum atomic E-state index is 11.2. The molecule has 2 aliphatic carbocycles. The highest BCUT2D eigenvalue weighted by molar-refractivity contribution is 7.85. The van der Waals surface area contributed by atoms with Crippen LogP contribution in [0.4, 0.5) is 0 Å². The average molecular weight is 225 g/mol. The highest BCUT2D eigenvalue weighted by atomic mass is 32.2. The lowest BCUT2D eigenvalue weighted by atomic mass is 9.71. The van der Waals surface area contributed by atoms with Crippen molar-refractivity contribution in [2.24, 2.45) is 11.8 Å². The molecule has 1 saturated heterocycles.